The van der Waals surface area contributed by atoms with Gasteiger partial charge in [-0.3, -0.25) is 9.69 Å². The minimum absolute atomic E-state index is 0.160. The van der Waals surface area contributed by atoms with Crippen LogP contribution < -0.4 is 5.32 Å². The van der Waals surface area contributed by atoms with Gasteiger partial charge in [0.15, 0.2) is 0 Å². The van der Waals surface area contributed by atoms with E-state index in [1.54, 1.807) is 0 Å². The van der Waals surface area contributed by atoms with Gasteiger partial charge >= 0.3 is 12.3 Å². The van der Waals surface area contributed by atoms with Gasteiger partial charge in [-0.05, 0) is 28.1 Å². The summed E-state index contributed by atoms with van der Waals surface area (Å²) in [5.41, 5.74) is -1.04. The average Bonchev–Trinajstić information content (AvgIpc) is 2.79. The first-order valence-electron chi connectivity index (χ1n) is 6.27. The second kappa shape index (κ2) is 6.30. The second-order valence-electron chi connectivity index (χ2n) is 4.83. The predicted molar refractivity (Wildman–Crippen MR) is 73.6 cm³/mol. The van der Waals surface area contributed by atoms with Gasteiger partial charge in [0.25, 0.3) is 0 Å². The molecule has 1 aliphatic heterocycles. The molecule has 1 fully saturated rings. The standard InChI is InChI=1S/C12H10BrF4N3O3/c13-8-1-5(12(15,16)17)2-9(18-8)19-10(21)7-3-6(14)4-20(7)11(22)23/h1-2,6-7H,3-4H2,(H,22,23)(H,18,19,21)/t6-,7+/m1/s1. The molecular formula is C12H10BrF4N3O3. The monoisotopic (exact) mass is 399 g/mol. The molecule has 0 saturated carbocycles. The lowest BCUT2D eigenvalue weighted by atomic mass is 10.2. The molecule has 2 atom stereocenters. The van der Waals surface area contributed by atoms with Crippen LogP contribution in [0.3, 0.4) is 0 Å². The van der Waals surface area contributed by atoms with Crippen molar-refractivity contribution in [3.8, 4) is 0 Å². The summed E-state index contributed by atoms with van der Waals surface area (Å²) in [6.45, 7) is -0.465. The Morgan fingerprint density at radius 2 is 2.04 bits per heavy atom. The largest absolute Gasteiger partial charge is 0.465 e. The highest BCUT2D eigenvalue weighted by Crippen LogP contribution is 2.32. The Balaban J connectivity index is 2.20. The molecule has 2 heterocycles. The molecule has 0 spiro atoms. The highest BCUT2D eigenvalue weighted by molar-refractivity contribution is 9.10. The van der Waals surface area contributed by atoms with Crippen LogP contribution in [0.4, 0.5) is 28.2 Å². The lowest BCUT2D eigenvalue weighted by molar-refractivity contribution is -0.137. The van der Waals surface area contributed by atoms with Crippen LogP contribution in [0.1, 0.15) is 12.0 Å². The van der Waals surface area contributed by atoms with Crippen molar-refractivity contribution in [2.24, 2.45) is 0 Å². The number of nitrogens with one attached hydrogen (secondary N) is 1. The molecule has 0 radical (unpaired) electrons. The van der Waals surface area contributed by atoms with Crippen LogP contribution in [0.2, 0.25) is 0 Å². The van der Waals surface area contributed by atoms with Gasteiger partial charge in [0.05, 0.1) is 12.1 Å². The maximum absolute atomic E-state index is 13.3. The number of hydrogen-bond donors (Lipinski definition) is 2. The molecule has 2 rings (SSSR count). The number of anilines is 1. The minimum Gasteiger partial charge on any atom is -0.465 e. The van der Waals surface area contributed by atoms with E-state index in [0.29, 0.717) is 11.0 Å². The van der Waals surface area contributed by atoms with Crippen molar-refractivity contribution < 1.29 is 32.3 Å². The van der Waals surface area contributed by atoms with Crippen LogP contribution in [0.25, 0.3) is 0 Å². The first-order valence-corrected chi connectivity index (χ1v) is 7.06. The number of carbonyl (C=O) groups is 2. The fourth-order valence-corrected chi connectivity index (χ4v) is 2.62. The molecule has 23 heavy (non-hydrogen) atoms. The predicted octanol–water partition coefficient (Wildman–Crippen LogP) is 2.89. The molecule has 0 aromatic carbocycles. The Kier molecular flexibility index (Phi) is 4.78. The van der Waals surface area contributed by atoms with Gasteiger partial charge in [-0.1, -0.05) is 0 Å². The summed E-state index contributed by atoms with van der Waals surface area (Å²) >= 11 is 2.80. The van der Waals surface area contributed by atoms with E-state index in [2.05, 4.69) is 26.2 Å². The zero-order chi connectivity index (χ0) is 17.4. The van der Waals surface area contributed by atoms with Crippen molar-refractivity contribution in [1.82, 2.24) is 9.88 Å². The molecule has 11 heteroatoms. The maximum Gasteiger partial charge on any atom is 0.416 e. The van der Waals surface area contributed by atoms with Gasteiger partial charge < -0.3 is 10.4 Å². The van der Waals surface area contributed by atoms with Gasteiger partial charge in [-0.15, -0.1) is 0 Å². The van der Waals surface area contributed by atoms with Crippen LogP contribution in [0.5, 0.6) is 0 Å². The van der Waals surface area contributed by atoms with E-state index in [1.807, 2.05) is 0 Å². The SMILES string of the molecule is O=C(Nc1cc(C(F)(F)F)cc(Br)n1)[C@@H]1C[C@@H](F)CN1C(=O)O. The molecule has 0 aliphatic carbocycles. The highest BCUT2D eigenvalue weighted by atomic mass is 79.9. The van der Waals surface area contributed by atoms with Gasteiger partial charge in [-0.25, -0.2) is 14.2 Å². The zero-order valence-electron chi connectivity index (χ0n) is 11.3. The summed E-state index contributed by atoms with van der Waals surface area (Å²) in [5.74, 6) is -1.35. The number of halogens is 5. The van der Waals surface area contributed by atoms with Crippen molar-refractivity contribution in [3.05, 3.63) is 22.3 Å². The van der Waals surface area contributed by atoms with Crippen molar-refractivity contribution in [2.75, 3.05) is 11.9 Å². The normalized spacial score (nSPS) is 21.3. The van der Waals surface area contributed by atoms with E-state index >= 15 is 0 Å². The van der Waals surface area contributed by atoms with E-state index in [0.717, 1.165) is 6.07 Å². The number of carboxylic acid groups (broad SMARTS) is 1. The van der Waals surface area contributed by atoms with Crippen molar-refractivity contribution in [1.29, 1.82) is 0 Å². The minimum atomic E-state index is -4.64. The van der Waals surface area contributed by atoms with E-state index in [4.69, 9.17) is 5.11 Å². The molecule has 1 aromatic rings. The quantitative estimate of drug-likeness (QED) is 0.591. The van der Waals surface area contributed by atoms with Gasteiger partial charge in [0.2, 0.25) is 5.91 Å². The Hall–Kier alpha value is -1.91. The highest BCUT2D eigenvalue weighted by Gasteiger charge is 2.40. The summed E-state index contributed by atoms with van der Waals surface area (Å²) in [6, 6.07) is 0.0137. The Bertz CT molecular complexity index is 640. The fourth-order valence-electron chi connectivity index (χ4n) is 2.18. The first-order chi connectivity index (χ1) is 10.6. The lowest BCUT2D eigenvalue weighted by Gasteiger charge is -2.20. The number of likely N-dealkylation sites (tertiary alicyclic amines) is 1. The molecule has 1 aliphatic rings. The third kappa shape index (κ3) is 4.09. The molecule has 0 unspecified atom stereocenters. The van der Waals surface area contributed by atoms with Gasteiger partial charge in [0.1, 0.15) is 22.6 Å². The van der Waals surface area contributed by atoms with Gasteiger partial charge in [-0.2, -0.15) is 13.2 Å². The fraction of sp³-hybridized carbons (Fsp3) is 0.417. The smallest absolute Gasteiger partial charge is 0.416 e. The van der Waals surface area contributed by atoms with Crippen molar-refractivity contribution in [2.45, 2.75) is 24.8 Å². The molecular weight excluding hydrogens is 390 g/mol. The van der Waals surface area contributed by atoms with Crippen LogP contribution >= 0.6 is 15.9 Å². The molecule has 6 nitrogen and oxygen atoms in total. The molecule has 1 saturated heterocycles. The van der Waals surface area contributed by atoms with Crippen molar-refractivity contribution in [3.63, 3.8) is 0 Å². The number of hydrogen-bond acceptors (Lipinski definition) is 3. The second-order valence-corrected chi connectivity index (χ2v) is 5.65. The summed E-state index contributed by atoms with van der Waals surface area (Å²) in [5, 5.41) is 11.0. The van der Waals surface area contributed by atoms with Crippen LogP contribution in [-0.4, -0.2) is 45.7 Å². The average molecular weight is 400 g/mol. The topological polar surface area (TPSA) is 82.5 Å². The third-order valence-corrected chi connectivity index (χ3v) is 3.58. The van der Waals surface area contributed by atoms with E-state index in [9.17, 15) is 27.2 Å². The zero-order valence-corrected chi connectivity index (χ0v) is 12.9. The number of carbonyl (C=O) groups excluding carboxylic acids is 1. The summed E-state index contributed by atoms with van der Waals surface area (Å²) in [6.07, 6.45) is -8.00. The maximum atomic E-state index is 13.3. The Morgan fingerprint density at radius 3 is 2.61 bits per heavy atom. The Labute approximate surface area is 135 Å². The number of pyridine rings is 1. The van der Waals surface area contributed by atoms with Crippen LogP contribution in [0.15, 0.2) is 16.7 Å². The molecule has 2 N–H and O–H groups in total. The van der Waals surface area contributed by atoms with Gasteiger partial charge in [0, 0.05) is 6.42 Å². The number of amides is 2. The van der Waals surface area contributed by atoms with Crippen LogP contribution in [-0.2, 0) is 11.0 Å². The summed E-state index contributed by atoms with van der Waals surface area (Å²) in [7, 11) is 0. The van der Waals surface area contributed by atoms with Crippen molar-refractivity contribution >= 4 is 33.7 Å². The molecule has 2 amide bonds. The van der Waals surface area contributed by atoms with Crippen LogP contribution in [0, 0.1) is 0 Å². The van der Waals surface area contributed by atoms with E-state index < -0.39 is 48.3 Å². The number of aromatic nitrogens is 1. The molecule has 0 bridgehead atoms. The lowest BCUT2D eigenvalue weighted by Crippen LogP contribution is -2.42. The third-order valence-electron chi connectivity index (χ3n) is 3.17. The van der Waals surface area contributed by atoms with E-state index in [-0.39, 0.29) is 11.0 Å². The number of alkyl halides is 4. The molecule has 1 aromatic heterocycles. The summed E-state index contributed by atoms with van der Waals surface area (Å²) < 4.78 is 51.3. The number of nitrogens with zero attached hydrogens (tertiary/aromatic N) is 2. The van der Waals surface area contributed by atoms with E-state index in [1.165, 1.54) is 0 Å². The first kappa shape index (κ1) is 17.4. The molecule has 126 valence electrons. The summed E-state index contributed by atoms with van der Waals surface area (Å²) in [4.78, 5) is 27.3. The Morgan fingerprint density at radius 1 is 1.39 bits per heavy atom. The number of rotatable bonds is 2.